The number of nitrogens with one attached hydrogen (secondary N) is 3. The molecule has 0 unspecified atom stereocenters. The Morgan fingerprint density at radius 2 is 1.89 bits per heavy atom. The van der Waals surface area contributed by atoms with Gasteiger partial charge in [0.1, 0.15) is 11.6 Å². The molecule has 0 atom stereocenters. The molecule has 1 fully saturated rings. The molecule has 1 aliphatic carbocycles. The van der Waals surface area contributed by atoms with E-state index in [9.17, 15) is 9.18 Å². The summed E-state index contributed by atoms with van der Waals surface area (Å²) in [5.41, 5.74) is 4.51. The van der Waals surface area contributed by atoms with Gasteiger partial charge in [0.05, 0.1) is 22.4 Å². The van der Waals surface area contributed by atoms with Gasteiger partial charge >= 0.3 is 6.03 Å². The Morgan fingerprint density at radius 1 is 1.08 bits per heavy atom. The number of halogens is 2. The standard InChI is InChI=1S/C27H28ClFN6O/c1-30-27(36)34-21-8-6-20(7-9-21)33-26-13-22(23(28)14-31-26)18-5-10-24-25(12-18)35(16-32-24)15-17-3-2-4-19(29)11-17/h2-5,10-14,16,20-21H,6-9,15H2,1H3,(H,31,33)(H2,30,34,36)/t20-,21-. The average molecular weight is 507 g/mol. The summed E-state index contributed by atoms with van der Waals surface area (Å²) in [6, 6.07) is 14.9. The smallest absolute Gasteiger partial charge is 0.314 e. The third kappa shape index (κ3) is 5.44. The third-order valence-corrected chi connectivity index (χ3v) is 6.97. The van der Waals surface area contributed by atoms with E-state index < -0.39 is 0 Å². The zero-order valence-electron chi connectivity index (χ0n) is 20.0. The molecule has 186 valence electrons. The lowest BCUT2D eigenvalue weighted by Crippen LogP contribution is -2.43. The number of rotatable bonds is 6. The summed E-state index contributed by atoms with van der Waals surface area (Å²) in [6.07, 6.45) is 7.16. The fraction of sp³-hybridized carbons (Fsp3) is 0.296. The van der Waals surface area contributed by atoms with Crippen molar-refractivity contribution in [1.29, 1.82) is 0 Å². The number of carbonyl (C=O) groups excluding carboxylic acids is 1. The summed E-state index contributed by atoms with van der Waals surface area (Å²) < 4.78 is 15.7. The summed E-state index contributed by atoms with van der Waals surface area (Å²) in [4.78, 5) is 20.6. The van der Waals surface area contributed by atoms with E-state index in [0.717, 1.165) is 59.2 Å². The lowest BCUT2D eigenvalue weighted by molar-refractivity contribution is 0.234. The fourth-order valence-electron chi connectivity index (χ4n) is 4.77. The second-order valence-electron chi connectivity index (χ2n) is 9.17. The monoisotopic (exact) mass is 506 g/mol. The number of imidazole rings is 1. The van der Waals surface area contributed by atoms with E-state index >= 15 is 0 Å². The number of urea groups is 1. The van der Waals surface area contributed by atoms with Gasteiger partial charge in [-0.2, -0.15) is 0 Å². The van der Waals surface area contributed by atoms with Crippen molar-refractivity contribution in [3.63, 3.8) is 0 Å². The summed E-state index contributed by atoms with van der Waals surface area (Å²) in [5, 5.41) is 9.70. The van der Waals surface area contributed by atoms with Crippen molar-refractivity contribution < 1.29 is 9.18 Å². The minimum absolute atomic E-state index is 0.135. The Bertz CT molecular complexity index is 1380. The Balaban J connectivity index is 1.33. The number of hydrogen-bond donors (Lipinski definition) is 3. The molecule has 5 rings (SSSR count). The molecule has 36 heavy (non-hydrogen) atoms. The predicted molar refractivity (Wildman–Crippen MR) is 141 cm³/mol. The quantitative estimate of drug-likeness (QED) is 0.318. The molecule has 9 heteroatoms. The number of benzene rings is 2. The maximum absolute atomic E-state index is 13.7. The van der Waals surface area contributed by atoms with Crippen molar-refractivity contribution >= 4 is 34.5 Å². The Labute approximate surface area is 214 Å². The molecule has 2 amide bonds. The Morgan fingerprint density at radius 3 is 2.67 bits per heavy atom. The van der Waals surface area contributed by atoms with Gasteiger partial charge in [0, 0.05) is 37.4 Å². The molecule has 0 spiro atoms. The minimum atomic E-state index is -0.252. The van der Waals surface area contributed by atoms with Crippen LogP contribution < -0.4 is 16.0 Å². The first-order valence-corrected chi connectivity index (χ1v) is 12.5. The molecule has 1 saturated carbocycles. The SMILES string of the molecule is CNC(=O)N[C@H]1CC[C@H](Nc2cc(-c3ccc4ncn(Cc5cccc(F)c5)c4c3)c(Cl)cn2)CC1. The molecule has 4 aromatic rings. The first-order valence-electron chi connectivity index (χ1n) is 12.1. The van der Waals surface area contributed by atoms with Crippen molar-refractivity contribution in [2.24, 2.45) is 0 Å². The first-order chi connectivity index (χ1) is 17.5. The van der Waals surface area contributed by atoms with Gasteiger partial charge in [-0.05, 0) is 67.1 Å². The van der Waals surface area contributed by atoms with E-state index in [-0.39, 0.29) is 23.9 Å². The summed E-state index contributed by atoms with van der Waals surface area (Å²) in [6.45, 7) is 0.520. The number of aromatic nitrogens is 3. The fourth-order valence-corrected chi connectivity index (χ4v) is 4.98. The van der Waals surface area contributed by atoms with E-state index in [1.165, 1.54) is 12.1 Å². The number of hydrogen-bond acceptors (Lipinski definition) is 4. The number of amides is 2. The molecule has 0 saturated heterocycles. The van der Waals surface area contributed by atoms with Crippen LogP contribution in [0.3, 0.4) is 0 Å². The number of fused-ring (bicyclic) bond motifs is 1. The van der Waals surface area contributed by atoms with Crippen molar-refractivity contribution in [3.8, 4) is 11.1 Å². The molecule has 2 heterocycles. The van der Waals surface area contributed by atoms with E-state index in [4.69, 9.17) is 11.6 Å². The second kappa shape index (κ2) is 10.5. The van der Waals surface area contributed by atoms with Crippen LogP contribution in [0.4, 0.5) is 15.0 Å². The average Bonchev–Trinajstić information content (AvgIpc) is 3.28. The van der Waals surface area contributed by atoms with Crippen LogP contribution in [-0.4, -0.2) is 39.7 Å². The lowest BCUT2D eigenvalue weighted by Gasteiger charge is -2.30. The topological polar surface area (TPSA) is 83.9 Å². The van der Waals surface area contributed by atoms with Crippen LogP contribution in [0.1, 0.15) is 31.2 Å². The molecule has 0 radical (unpaired) electrons. The van der Waals surface area contributed by atoms with Crippen LogP contribution >= 0.6 is 11.6 Å². The van der Waals surface area contributed by atoms with Crippen molar-refractivity contribution in [1.82, 2.24) is 25.2 Å². The second-order valence-corrected chi connectivity index (χ2v) is 9.58. The first kappa shape index (κ1) is 24.1. The van der Waals surface area contributed by atoms with Crippen molar-refractivity contribution in [2.45, 2.75) is 44.3 Å². The molecule has 2 aromatic heterocycles. The highest BCUT2D eigenvalue weighted by Crippen LogP contribution is 2.32. The maximum Gasteiger partial charge on any atom is 0.314 e. The van der Waals surface area contributed by atoms with Crippen LogP contribution in [0.15, 0.2) is 61.1 Å². The largest absolute Gasteiger partial charge is 0.367 e. The Hall–Kier alpha value is -3.65. The molecular formula is C27H28ClFN6O. The van der Waals surface area contributed by atoms with Gasteiger partial charge in [-0.3, -0.25) is 0 Å². The third-order valence-electron chi connectivity index (χ3n) is 6.67. The van der Waals surface area contributed by atoms with Gasteiger partial charge in [-0.15, -0.1) is 0 Å². The highest BCUT2D eigenvalue weighted by Gasteiger charge is 2.22. The van der Waals surface area contributed by atoms with E-state index in [2.05, 4.69) is 32.0 Å². The zero-order chi connectivity index (χ0) is 25.1. The minimum Gasteiger partial charge on any atom is -0.367 e. The van der Waals surface area contributed by atoms with Crippen LogP contribution in [0.2, 0.25) is 5.02 Å². The van der Waals surface area contributed by atoms with E-state index in [0.29, 0.717) is 11.6 Å². The van der Waals surface area contributed by atoms with Crippen LogP contribution in [0.5, 0.6) is 0 Å². The predicted octanol–water partition coefficient (Wildman–Crippen LogP) is 5.59. The molecule has 0 bridgehead atoms. The molecule has 0 aliphatic heterocycles. The van der Waals surface area contributed by atoms with Gasteiger partial charge in [-0.1, -0.05) is 29.8 Å². The summed E-state index contributed by atoms with van der Waals surface area (Å²) >= 11 is 6.57. The zero-order valence-corrected chi connectivity index (χ0v) is 20.7. The normalized spacial score (nSPS) is 17.6. The number of pyridine rings is 1. The number of nitrogens with zero attached hydrogens (tertiary/aromatic N) is 3. The molecule has 1 aliphatic rings. The van der Waals surface area contributed by atoms with Gasteiger partial charge < -0.3 is 20.5 Å². The highest BCUT2D eigenvalue weighted by atomic mass is 35.5. The molecule has 3 N–H and O–H groups in total. The molecular weight excluding hydrogens is 479 g/mol. The number of anilines is 1. The van der Waals surface area contributed by atoms with Crippen molar-refractivity contribution in [2.75, 3.05) is 12.4 Å². The van der Waals surface area contributed by atoms with Gasteiger partial charge in [0.2, 0.25) is 0 Å². The van der Waals surface area contributed by atoms with Crippen LogP contribution in [-0.2, 0) is 6.54 Å². The van der Waals surface area contributed by atoms with E-state index in [1.807, 2.05) is 28.8 Å². The van der Waals surface area contributed by atoms with Gasteiger partial charge in [0.15, 0.2) is 0 Å². The lowest BCUT2D eigenvalue weighted by atomic mass is 9.91. The van der Waals surface area contributed by atoms with Gasteiger partial charge in [0.25, 0.3) is 0 Å². The molecule has 2 aromatic carbocycles. The highest BCUT2D eigenvalue weighted by molar-refractivity contribution is 6.33. The summed E-state index contributed by atoms with van der Waals surface area (Å²) in [7, 11) is 1.63. The van der Waals surface area contributed by atoms with Crippen molar-refractivity contribution in [3.05, 3.63) is 77.5 Å². The number of carbonyl (C=O) groups is 1. The van der Waals surface area contributed by atoms with Gasteiger partial charge in [-0.25, -0.2) is 19.2 Å². The summed E-state index contributed by atoms with van der Waals surface area (Å²) in [5.74, 6) is 0.517. The van der Waals surface area contributed by atoms with E-state index in [1.54, 1.807) is 25.6 Å². The van der Waals surface area contributed by atoms with Crippen LogP contribution in [0, 0.1) is 5.82 Å². The van der Waals surface area contributed by atoms with Crippen LogP contribution in [0.25, 0.3) is 22.2 Å². The molecule has 7 nitrogen and oxygen atoms in total. The Kier molecular flexibility index (Phi) is 7.04. The maximum atomic E-state index is 13.7.